The minimum atomic E-state index is -0.243. The SMILES string of the molecule is CC(=O)Cc1ccc(OCC(=O)Nc2ccc(-c3ccc(Cl)cc3)cc2)cc1. The molecule has 28 heavy (non-hydrogen) atoms. The molecule has 1 N–H and O–H groups in total. The quantitative estimate of drug-likeness (QED) is 0.603. The normalized spacial score (nSPS) is 10.4. The molecule has 3 rings (SSSR count). The van der Waals surface area contributed by atoms with Crippen molar-refractivity contribution in [2.24, 2.45) is 0 Å². The molecule has 0 aliphatic heterocycles. The van der Waals surface area contributed by atoms with Gasteiger partial charge in [0.25, 0.3) is 5.91 Å². The van der Waals surface area contributed by atoms with Gasteiger partial charge in [0.1, 0.15) is 11.5 Å². The molecule has 142 valence electrons. The predicted octanol–water partition coefficient (Wildman–Crippen LogP) is 5.16. The summed E-state index contributed by atoms with van der Waals surface area (Å²) in [6, 6.07) is 22.3. The first-order valence-electron chi connectivity index (χ1n) is 8.86. The van der Waals surface area contributed by atoms with Crippen LogP contribution in [-0.4, -0.2) is 18.3 Å². The lowest BCUT2D eigenvalue weighted by Gasteiger charge is -2.09. The van der Waals surface area contributed by atoms with Gasteiger partial charge in [-0.25, -0.2) is 0 Å². The fourth-order valence-corrected chi connectivity index (χ4v) is 2.85. The van der Waals surface area contributed by atoms with Gasteiger partial charge in [-0.05, 0) is 60.0 Å². The number of hydrogen-bond acceptors (Lipinski definition) is 3. The number of benzene rings is 3. The highest BCUT2D eigenvalue weighted by molar-refractivity contribution is 6.30. The van der Waals surface area contributed by atoms with Crippen molar-refractivity contribution >= 4 is 29.0 Å². The number of amides is 1. The van der Waals surface area contributed by atoms with Crippen molar-refractivity contribution in [2.75, 3.05) is 11.9 Å². The van der Waals surface area contributed by atoms with Gasteiger partial charge in [0.15, 0.2) is 6.61 Å². The van der Waals surface area contributed by atoms with Crippen LogP contribution in [0.1, 0.15) is 12.5 Å². The smallest absolute Gasteiger partial charge is 0.262 e. The standard InChI is InChI=1S/C23H20ClNO3/c1-16(26)14-17-2-12-22(13-3-17)28-15-23(27)25-21-10-6-19(7-11-21)18-4-8-20(24)9-5-18/h2-13H,14-15H2,1H3,(H,25,27). The topological polar surface area (TPSA) is 55.4 Å². The van der Waals surface area contributed by atoms with Crippen molar-refractivity contribution in [1.29, 1.82) is 0 Å². The Morgan fingerprint density at radius 2 is 1.43 bits per heavy atom. The van der Waals surface area contributed by atoms with Crippen LogP contribution >= 0.6 is 11.6 Å². The number of carbonyl (C=O) groups excluding carboxylic acids is 2. The highest BCUT2D eigenvalue weighted by atomic mass is 35.5. The third kappa shape index (κ3) is 5.69. The lowest BCUT2D eigenvalue weighted by Crippen LogP contribution is -2.20. The molecular formula is C23H20ClNO3. The number of hydrogen-bond donors (Lipinski definition) is 1. The zero-order valence-electron chi connectivity index (χ0n) is 15.4. The van der Waals surface area contributed by atoms with Crippen LogP contribution in [0.2, 0.25) is 5.02 Å². The monoisotopic (exact) mass is 393 g/mol. The van der Waals surface area contributed by atoms with Gasteiger partial charge in [-0.15, -0.1) is 0 Å². The van der Waals surface area contributed by atoms with Gasteiger partial charge in [-0.3, -0.25) is 9.59 Å². The maximum Gasteiger partial charge on any atom is 0.262 e. The van der Waals surface area contributed by atoms with Crippen molar-refractivity contribution in [1.82, 2.24) is 0 Å². The summed E-state index contributed by atoms with van der Waals surface area (Å²) in [5, 5.41) is 3.50. The van der Waals surface area contributed by atoms with Crippen LogP contribution in [0.4, 0.5) is 5.69 Å². The van der Waals surface area contributed by atoms with E-state index in [0.29, 0.717) is 22.9 Å². The number of ether oxygens (including phenoxy) is 1. The number of halogens is 1. The zero-order chi connectivity index (χ0) is 19.9. The summed E-state index contributed by atoms with van der Waals surface area (Å²) in [6.07, 6.45) is 0.396. The minimum Gasteiger partial charge on any atom is -0.484 e. The van der Waals surface area contributed by atoms with Crippen LogP contribution in [0.3, 0.4) is 0 Å². The highest BCUT2D eigenvalue weighted by Crippen LogP contribution is 2.23. The van der Waals surface area contributed by atoms with E-state index in [-0.39, 0.29) is 18.3 Å². The Bertz CT molecular complexity index is 949. The number of Topliss-reactive ketones (excluding diaryl/α,β-unsaturated/α-hetero) is 1. The number of anilines is 1. The van der Waals surface area contributed by atoms with Crippen LogP contribution in [0, 0.1) is 0 Å². The van der Waals surface area contributed by atoms with E-state index in [1.807, 2.05) is 60.7 Å². The van der Waals surface area contributed by atoms with Crippen molar-refractivity contribution in [3.63, 3.8) is 0 Å². The number of ketones is 1. The van der Waals surface area contributed by atoms with Crippen LogP contribution in [0.25, 0.3) is 11.1 Å². The van der Waals surface area contributed by atoms with E-state index >= 15 is 0 Å². The fraction of sp³-hybridized carbons (Fsp3) is 0.130. The first-order valence-corrected chi connectivity index (χ1v) is 9.24. The summed E-state index contributed by atoms with van der Waals surface area (Å²) >= 11 is 5.91. The van der Waals surface area contributed by atoms with Crippen molar-refractivity contribution in [3.8, 4) is 16.9 Å². The minimum absolute atomic E-state index is 0.0923. The summed E-state index contributed by atoms with van der Waals surface area (Å²) < 4.78 is 5.49. The Kier molecular flexibility index (Phi) is 6.45. The average Bonchev–Trinajstić information content (AvgIpc) is 2.68. The highest BCUT2D eigenvalue weighted by Gasteiger charge is 2.05. The molecule has 0 aromatic heterocycles. The van der Waals surface area contributed by atoms with Crippen molar-refractivity contribution in [3.05, 3.63) is 83.4 Å². The molecule has 5 heteroatoms. The summed E-state index contributed by atoms with van der Waals surface area (Å²) in [5.74, 6) is 0.447. The van der Waals surface area contributed by atoms with Crippen LogP contribution < -0.4 is 10.1 Å². The average molecular weight is 394 g/mol. The fourth-order valence-electron chi connectivity index (χ4n) is 2.73. The molecule has 3 aromatic rings. The van der Waals surface area contributed by atoms with Gasteiger partial charge in [0.2, 0.25) is 0 Å². The Labute approximate surface area is 169 Å². The molecule has 4 nitrogen and oxygen atoms in total. The molecule has 0 heterocycles. The Morgan fingerprint density at radius 3 is 2.00 bits per heavy atom. The van der Waals surface area contributed by atoms with Crippen molar-refractivity contribution < 1.29 is 14.3 Å². The predicted molar refractivity (Wildman–Crippen MR) is 112 cm³/mol. The molecule has 3 aromatic carbocycles. The molecule has 0 spiro atoms. The van der Waals surface area contributed by atoms with Gasteiger partial charge in [-0.2, -0.15) is 0 Å². The molecule has 0 fully saturated rings. The molecule has 0 aliphatic rings. The maximum atomic E-state index is 12.1. The Hall–Kier alpha value is -3.11. The third-order valence-electron chi connectivity index (χ3n) is 4.09. The summed E-state index contributed by atoms with van der Waals surface area (Å²) in [4.78, 5) is 23.2. The molecule has 0 atom stereocenters. The molecule has 0 saturated carbocycles. The van der Waals surface area contributed by atoms with Gasteiger partial charge in [-0.1, -0.05) is 48.0 Å². The van der Waals surface area contributed by atoms with E-state index < -0.39 is 0 Å². The van der Waals surface area contributed by atoms with Crippen LogP contribution in [0.15, 0.2) is 72.8 Å². The van der Waals surface area contributed by atoms with E-state index in [1.54, 1.807) is 19.1 Å². The van der Waals surface area contributed by atoms with Gasteiger partial charge in [0, 0.05) is 17.1 Å². The summed E-state index contributed by atoms with van der Waals surface area (Å²) in [7, 11) is 0. The largest absolute Gasteiger partial charge is 0.484 e. The lowest BCUT2D eigenvalue weighted by atomic mass is 10.1. The van der Waals surface area contributed by atoms with Gasteiger partial charge in [0.05, 0.1) is 0 Å². The summed E-state index contributed by atoms with van der Waals surface area (Å²) in [5.41, 5.74) is 3.71. The van der Waals surface area contributed by atoms with E-state index in [4.69, 9.17) is 16.3 Å². The molecule has 0 unspecified atom stereocenters. The second-order valence-electron chi connectivity index (χ2n) is 6.44. The Morgan fingerprint density at radius 1 is 0.857 bits per heavy atom. The van der Waals surface area contributed by atoms with Gasteiger partial charge >= 0.3 is 0 Å². The third-order valence-corrected chi connectivity index (χ3v) is 4.34. The first kappa shape index (κ1) is 19.6. The number of rotatable bonds is 7. The summed E-state index contributed by atoms with van der Waals surface area (Å²) in [6.45, 7) is 1.46. The van der Waals surface area contributed by atoms with E-state index in [1.165, 1.54) is 0 Å². The number of carbonyl (C=O) groups is 2. The van der Waals surface area contributed by atoms with E-state index in [9.17, 15) is 9.59 Å². The van der Waals surface area contributed by atoms with E-state index in [0.717, 1.165) is 16.7 Å². The molecule has 1 amide bonds. The maximum absolute atomic E-state index is 12.1. The molecule has 0 bridgehead atoms. The van der Waals surface area contributed by atoms with Crippen molar-refractivity contribution in [2.45, 2.75) is 13.3 Å². The van der Waals surface area contributed by atoms with Crippen LogP contribution in [0.5, 0.6) is 5.75 Å². The van der Waals surface area contributed by atoms with Crippen LogP contribution in [-0.2, 0) is 16.0 Å². The first-order chi connectivity index (χ1) is 13.5. The molecular weight excluding hydrogens is 374 g/mol. The lowest BCUT2D eigenvalue weighted by molar-refractivity contribution is -0.118. The second-order valence-corrected chi connectivity index (χ2v) is 6.88. The zero-order valence-corrected chi connectivity index (χ0v) is 16.2. The second kappa shape index (κ2) is 9.20. The number of nitrogens with one attached hydrogen (secondary N) is 1. The Balaban J connectivity index is 1.52. The van der Waals surface area contributed by atoms with Gasteiger partial charge < -0.3 is 10.1 Å². The molecule has 0 radical (unpaired) electrons. The molecule has 0 saturated heterocycles. The van der Waals surface area contributed by atoms with E-state index in [2.05, 4.69) is 5.32 Å². The molecule has 0 aliphatic carbocycles.